The molecule has 1 aromatic carbocycles. The van der Waals surface area contributed by atoms with Gasteiger partial charge in [0.25, 0.3) is 5.91 Å². The van der Waals surface area contributed by atoms with Crippen LogP contribution in [0.2, 0.25) is 0 Å². The van der Waals surface area contributed by atoms with Gasteiger partial charge in [-0.05, 0) is 43.0 Å². The van der Waals surface area contributed by atoms with Gasteiger partial charge in [-0.3, -0.25) is 4.79 Å². The van der Waals surface area contributed by atoms with Crippen molar-refractivity contribution in [1.82, 2.24) is 4.90 Å². The fraction of sp³-hybridized carbons (Fsp3) is 0.500. The molecular formula is C14H18BrNO2. The molecule has 98 valence electrons. The van der Waals surface area contributed by atoms with Gasteiger partial charge in [0.05, 0.1) is 0 Å². The summed E-state index contributed by atoms with van der Waals surface area (Å²) in [5.74, 6) is 1.43. The Balaban J connectivity index is 1.82. The molecule has 1 aliphatic heterocycles. The number of hydrogen-bond donors (Lipinski definition) is 0. The van der Waals surface area contributed by atoms with Gasteiger partial charge in [0.15, 0.2) is 6.61 Å². The molecule has 0 aliphatic carbocycles. The summed E-state index contributed by atoms with van der Waals surface area (Å²) in [5.41, 5.74) is 0. The molecule has 1 aromatic rings. The lowest BCUT2D eigenvalue weighted by atomic mass is 10.0. The van der Waals surface area contributed by atoms with Gasteiger partial charge in [-0.1, -0.05) is 22.9 Å². The van der Waals surface area contributed by atoms with Crippen molar-refractivity contribution in [3.8, 4) is 5.75 Å². The Kier molecular flexibility index (Phi) is 4.64. The maximum atomic E-state index is 12.0. The molecule has 2 rings (SSSR count). The average molecular weight is 312 g/mol. The number of hydrogen-bond acceptors (Lipinski definition) is 2. The second-order valence-electron chi connectivity index (χ2n) is 4.83. The highest BCUT2D eigenvalue weighted by Gasteiger charge is 2.20. The number of ether oxygens (including phenoxy) is 1. The van der Waals surface area contributed by atoms with E-state index in [1.807, 2.05) is 29.2 Å². The van der Waals surface area contributed by atoms with Crippen LogP contribution in [0.4, 0.5) is 0 Å². The van der Waals surface area contributed by atoms with E-state index in [1.165, 1.54) is 6.42 Å². The van der Waals surface area contributed by atoms with Crippen molar-refractivity contribution < 1.29 is 9.53 Å². The van der Waals surface area contributed by atoms with E-state index >= 15 is 0 Å². The maximum Gasteiger partial charge on any atom is 0.260 e. The largest absolute Gasteiger partial charge is 0.484 e. The van der Waals surface area contributed by atoms with E-state index in [0.717, 1.165) is 29.7 Å². The normalized spacial score (nSPS) is 19.7. The second kappa shape index (κ2) is 6.23. The summed E-state index contributed by atoms with van der Waals surface area (Å²) in [6, 6.07) is 7.53. The lowest BCUT2D eigenvalue weighted by Gasteiger charge is -2.30. The van der Waals surface area contributed by atoms with Crippen molar-refractivity contribution in [2.24, 2.45) is 5.92 Å². The third-order valence-corrected chi connectivity index (χ3v) is 3.71. The first kappa shape index (κ1) is 13.4. The molecule has 1 saturated heterocycles. The zero-order valence-corrected chi connectivity index (χ0v) is 12.1. The Bertz CT molecular complexity index is 405. The van der Waals surface area contributed by atoms with Crippen LogP contribution in [0.5, 0.6) is 5.75 Å². The molecule has 0 N–H and O–H groups in total. The fourth-order valence-electron chi connectivity index (χ4n) is 2.18. The topological polar surface area (TPSA) is 29.5 Å². The monoisotopic (exact) mass is 311 g/mol. The number of likely N-dealkylation sites (tertiary alicyclic amines) is 1. The van der Waals surface area contributed by atoms with Crippen LogP contribution in [0, 0.1) is 5.92 Å². The van der Waals surface area contributed by atoms with Crippen LogP contribution in [0.1, 0.15) is 19.8 Å². The Labute approximate surface area is 116 Å². The molecule has 1 atom stereocenters. The van der Waals surface area contributed by atoms with Gasteiger partial charge in [-0.25, -0.2) is 0 Å². The van der Waals surface area contributed by atoms with Crippen LogP contribution < -0.4 is 4.74 Å². The van der Waals surface area contributed by atoms with E-state index in [0.29, 0.717) is 5.92 Å². The van der Waals surface area contributed by atoms with Gasteiger partial charge in [0, 0.05) is 17.6 Å². The predicted octanol–water partition coefficient (Wildman–Crippen LogP) is 3.09. The van der Waals surface area contributed by atoms with Crippen molar-refractivity contribution in [2.45, 2.75) is 19.8 Å². The number of amides is 1. The van der Waals surface area contributed by atoms with Gasteiger partial charge in [0.1, 0.15) is 5.75 Å². The summed E-state index contributed by atoms with van der Waals surface area (Å²) in [7, 11) is 0. The molecule has 0 radical (unpaired) electrons. The molecule has 1 heterocycles. The van der Waals surface area contributed by atoms with Crippen LogP contribution in [-0.2, 0) is 4.79 Å². The summed E-state index contributed by atoms with van der Waals surface area (Å²) in [6.45, 7) is 4.05. The molecule has 1 unspecified atom stereocenters. The van der Waals surface area contributed by atoms with E-state index in [4.69, 9.17) is 4.74 Å². The standard InChI is InChI=1S/C14H18BrNO2/c1-11-3-2-8-16(9-11)14(17)10-18-13-6-4-12(15)5-7-13/h4-7,11H,2-3,8-10H2,1H3. The van der Waals surface area contributed by atoms with Crippen molar-refractivity contribution in [2.75, 3.05) is 19.7 Å². The van der Waals surface area contributed by atoms with E-state index in [9.17, 15) is 4.79 Å². The smallest absolute Gasteiger partial charge is 0.260 e. The number of benzene rings is 1. The number of carbonyl (C=O) groups is 1. The average Bonchev–Trinajstić information content (AvgIpc) is 2.38. The first-order valence-electron chi connectivity index (χ1n) is 6.31. The van der Waals surface area contributed by atoms with Gasteiger partial charge < -0.3 is 9.64 Å². The van der Waals surface area contributed by atoms with E-state index in [2.05, 4.69) is 22.9 Å². The van der Waals surface area contributed by atoms with Crippen LogP contribution in [0.15, 0.2) is 28.7 Å². The molecule has 18 heavy (non-hydrogen) atoms. The molecule has 1 fully saturated rings. The summed E-state index contributed by atoms with van der Waals surface area (Å²) in [6.07, 6.45) is 2.32. The quantitative estimate of drug-likeness (QED) is 0.858. The summed E-state index contributed by atoms with van der Waals surface area (Å²) in [5, 5.41) is 0. The SMILES string of the molecule is CC1CCCN(C(=O)COc2ccc(Br)cc2)C1. The lowest BCUT2D eigenvalue weighted by Crippen LogP contribution is -2.41. The minimum atomic E-state index is 0.0875. The molecule has 1 aliphatic rings. The third-order valence-electron chi connectivity index (χ3n) is 3.19. The highest BCUT2D eigenvalue weighted by molar-refractivity contribution is 9.10. The van der Waals surface area contributed by atoms with Crippen molar-refractivity contribution >= 4 is 21.8 Å². The zero-order valence-electron chi connectivity index (χ0n) is 10.6. The molecule has 3 nitrogen and oxygen atoms in total. The van der Waals surface area contributed by atoms with Gasteiger partial charge in [-0.15, -0.1) is 0 Å². The number of nitrogens with zero attached hydrogens (tertiary/aromatic N) is 1. The highest BCUT2D eigenvalue weighted by atomic mass is 79.9. The van der Waals surface area contributed by atoms with Crippen molar-refractivity contribution in [1.29, 1.82) is 0 Å². The van der Waals surface area contributed by atoms with Gasteiger partial charge in [0.2, 0.25) is 0 Å². The number of piperidine rings is 1. The molecule has 4 heteroatoms. The zero-order chi connectivity index (χ0) is 13.0. The Morgan fingerprint density at radius 3 is 2.83 bits per heavy atom. The molecule has 1 amide bonds. The van der Waals surface area contributed by atoms with E-state index in [-0.39, 0.29) is 12.5 Å². The van der Waals surface area contributed by atoms with Crippen LogP contribution in [0.3, 0.4) is 0 Å². The van der Waals surface area contributed by atoms with Gasteiger partial charge in [-0.2, -0.15) is 0 Å². The minimum Gasteiger partial charge on any atom is -0.484 e. The Morgan fingerprint density at radius 1 is 1.44 bits per heavy atom. The molecule has 0 aromatic heterocycles. The molecule has 0 spiro atoms. The summed E-state index contributed by atoms with van der Waals surface area (Å²) >= 11 is 3.36. The highest BCUT2D eigenvalue weighted by Crippen LogP contribution is 2.18. The van der Waals surface area contributed by atoms with Crippen LogP contribution in [0.25, 0.3) is 0 Å². The molecule has 0 bridgehead atoms. The fourth-order valence-corrected chi connectivity index (χ4v) is 2.45. The number of halogens is 1. The first-order valence-corrected chi connectivity index (χ1v) is 7.10. The lowest BCUT2D eigenvalue weighted by molar-refractivity contribution is -0.135. The van der Waals surface area contributed by atoms with Crippen LogP contribution in [-0.4, -0.2) is 30.5 Å². The molecule has 0 saturated carbocycles. The Hall–Kier alpha value is -1.03. The van der Waals surface area contributed by atoms with Crippen molar-refractivity contribution in [3.05, 3.63) is 28.7 Å². The summed E-state index contributed by atoms with van der Waals surface area (Å²) in [4.78, 5) is 13.9. The minimum absolute atomic E-state index is 0.0875. The van der Waals surface area contributed by atoms with Crippen molar-refractivity contribution in [3.63, 3.8) is 0 Å². The van der Waals surface area contributed by atoms with Gasteiger partial charge >= 0.3 is 0 Å². The van der Waals surface area contributed by atoms with E-state index < -0.39 is 0 Å². The number of rotatable bonds is 3. The number of carbonyl (C=O) groups excluding carboxylic acids is 1. The molecular weight excluding hydrogens is 294 g/mol. The van der Waals surface area contributed by atoms with Crippen LogP contribution >= 0.6 is 15.9 Å². The summed E-state index contributed by atoms with van der Waals surface area (Å²) < 4.78 is 6.50. The predicted molar refractivity (Wildman–Crippen MR) is 74.6 cm³/mol. The second-order valence-corrected chi connectivity index (χ2v) is 5.75. The third kappa shape index (κ3) is 3.73. The van der Waals surface area contributed by atoms with E-state index in [1.54, 1.807) is 0 Å². The maximum absolute atomic E-state index is 12.0. The first-order chi connectivity index (χ1) is 8.65. The Morgan fingerprint density at radius 2 is 2.17 bits per heavy atom.